The molecule has 4 aromatic rings. The zero-order valence-electron chi connectivity index (χ0n) is 15.8. The molecule has 0 aliphatic rings. The molecule has 0 spiro atoms. The quantitative estimate of drug-likeness (QED) is 0.363. The van der Waals surface area contributed by atoms with Crippen LogP contribution in [0.25, 0.3) is 22.7 Å². The lowest BCUT2D eigenvalue weighted by Crippen LogP contribution is -2.11. The minimum absolute atomic E-state index is 0.0395. The Balaban J connectivity index is 1.62. The molecule has 2 heterocycles. The molecule has 0 fully saturated rings. The van der Waals surface area contributed by atoms with Gasteiger partial charge in [0.05, 0.1) is 11.1 Å². The Morgan fingerprint density at radius 2 is 1.87 bits per heavy atom. The lowest BCUT2D eigenvalue weighted by Gasteiger charge is -2.03. The Morgan fingerprint density at radius 1 is 1.13 bits per heavy atom. The maximum atomic E-state index is 11.4. The third-order valence-corrected chi connectivity index (χ3v) is 5.62. The maximum absolute atomic E-state index is 11.4. The fourth-order valence-corrected chi connectivity index (χ4v) is 3.59. The summed E-state index contributed by atoms with van der Waals surface area (Å²) in [5.41, 5.74) is 2.67. The number of nitrogens with two attached hydrogens (primary N) is 1. The number of nitrogens with one attached hydrogen (secondary N) is 1. The van der Waals surface area contributed by atoms with Gasteiger partial charge in [-0.05, 0) is 61.1 Å². The van der Waals surface area contributed by atoms with Crippen molar-refractivity contribution in [2.45, 2.75) is 11.8 Å². The molecule has 0 bridgehead atoms. The minimum Gasteiger partial charge on any atom is -0.455 e. The average Bonchev–Trinajstić information content (AvgIpc) is 3.33. The highest BCUT2D eigenvalue weighted by Gasteiger charge is 2.11. The van der Waals surface area contributed by atoms with Crippen molar-refractivity contribution >= 4 is 28.5 Å². The molecule has 152 valence electrons. The zero-order chi connectivity index (χ0) is 21.3. The molecule has 30 heavy (non-hydrogen) atoms. The standard InChI is InChI=1S/C20H17N5O3S2/c1-13-4-2-3-5-17(13)19-23-24-20(29)25(19)22-12-15-8-11-18(28-15)14-6-9-16(10-7-14)30(21,26)27/h2-12H,1H3,(H,24,29)(H2,21,26,27). The van der Waals surface area contributed by atoms with E-state index in [1.807, 2.05) is 31.2 Å². The number of primary sulfonamides is 1. The van der Waals surface area contributed by atoms with Crippen LogP contribution >= 0.6 is 12.2 Å². The van der Waals surface area contributed by atoms with Gasteiger partial charge in [0.25, 0.3) is 0 Å². The summed E-state index contributed by atoms with van der Waals surface area (Å²) in [6.07, 6.45) is 1.54. The van der Waals surface area contributed by atoms with E-state index in [2.05, 4.69) is 15.3 Å². The molecule has 2 aromatic carbocycles. The summed E-state index contributed by atoms with van der Waals surface area (Å²) in [5, 5.41) is 16.6. The lowest BCUT2D eigenvalue weighted by atomic mass is 10.1. The molecule has 0 aliphatic heterocycles. The number of nitrogens with zero attached hydrogens (tertiary/aromatic N) is 3. The van der Waals surface area contributed by atoms with Crippen LogP contribution in [-0.2, 0) is 10.0 Å². The molecule has 10 heteroatoms. The third-order valence-electron chi connectivity index (χ3n) is 4.43. The smallest absolute Gasteiger partial charge is 0.238 e. The molecule has 0 unspecified atom stereocenters. The number of rotatable bonds is 5. The van der Waals surface area contributed by atoms with Crippen LogP contribution in [0, 0.1) is 11.7 Å². The minimum atomic E-state index is -3.74. The van der Waals surface area contributed by atoms with Crippen molar-refractivity contribution in [2.24, 2.45) is 10.2 Å². The molecule has 3 N–H and O–H groups in total. The molecule has 2 aromatic heterocycles. The van der Waals surface area contributed by atoms with E-state index in [4.69, 9.17) is 21.8 Å². The van der Waals surface area contributed by atoms with Crippen molar-refractivity contribution in [3.63, 3.8) is 0 Å². The van der Waals surface area contributed by atoms with Crippen LogP contribution in [0.2, 0.25) is 0 Å². The SMILES string of the molecule is Cc1ccccc1-c1n[nH]c(=S)n1N=Cc1ccc(-c2ccc(S(N)(=O)=O)cc2)o1. The number of aryl methyl sites for hydroxylation is 1. The summed E-state index contributed by atoms with van der Waals surface area (Å²) in [5.74, 6) is 1.66. The van der Waals surface area contributed by atoms with Crippen molar-refractivity contribution < 1.29 is 12.8 Å². The topological polar surface area (TPSA) is 119 Å². The first-order chi connectivity index (χ1) is 14.3. The van der Waals surface area contributed by atoms with Gasteiger partial charge in [0.2, 0.25) is 14.8 Å². The summed E-state index contributed by atoms with van der Waals surface area (Å²) >= 11 is 5.30. The Morgan fingerprint density at radius 3 is 2.57 bits per heavy atom. The van der Waals surface area contributed by atoms with Gasteiger partial charge < -0.3 is 4.42 Å². The molecule has 4 rings (SSSR count). The van der Waals surface area contributed by atoms with Crippen molar-refractivity contribution in [3.05, 3.63) is 76.8 Å². The van der Waals surface area contributed by atoms with Gasteiger partial charge in [-0.15, -0.1) is 0 Å². The van der Waals surface area contributed by atoms with Gasteiger partial charge in [0.1, 0.15) is 11.5 Å². The Bertz CT molecular complexity index is 1400. The largest absolute Gasteiger partial charge is 0.455 e. The number of hydrogen-bond donors (Lipinski definition) is 2. The Kier molecular flexibility index (Phi) is 5.20. The summed E-state index contributed by atoms with van der Waals surface area (Å²) in [7, 11) is -3.74. The van der Waals surface area contributed by atoms with E-state index in [9.17, 15) is 8.42 Å². The number of benzene rings is 2. The zero-order valence-corrected chi connectivity index (χ0v) is 17.4. The lowest BCUT2D eigenvalue weighted by molar-refractivity contribution is 0.574. The van der Waals surface area contributed by atoms with Gasteiger partial charge in [-0.1, -0.05) is 24.3 Å². The van der Waals surface area contributed by atoms with Gasteiger partial charge in [0.15, 0.2) is 5.82 Å². The van der Waals surface area contributed by atoms with Gasteiger partial charge >= 0.3 is 0 Å². The first-order valence-electron chi connectivity index (χ1n) is 8.84. The first kappa shape index (κ1) is 20.0. The van der Waals surface area contributed by atoms with Crippen molar-refractivity contribution in [3.8, 4) is 22.7 Å². The molecular weight excluding hydrogens is 422 g/mol. The molecular formula is C20H17N5O3S2. The van der Waals surface area contributed by atoms with Crippen LogP contribution in [0.4, 0.5) is 0 Å². The van der Waals surface area contributed by atoms with Crippen LogP contribution in [-0.4, -0.2) is 29.5 Å². The monoisotopic (exact) mass is 439 g/mol. The Hall–Kier alpha value is -3.34. The van der Waals surface area contributed by atoms with Crippen LogP contribution < -0.4 is 5.14 Å². The Labute approximate surface area is 177 Å². The second-order valence-electron chi connectivity index (χ2n) is 6.50. The number of sulfonamides is 1. The number of furan rings is 1. The van der Waals surface area contributed by atoms with Gasteiger partial charge in [-0.25, -0.2) is 18.7 Å². The van der Waals surface area contributed by atoms with E-state index in [-0.39, 0.29) is 4.90 Å². The normalized spacial score (nSPS) is 11.9. The molecule has 0 saturated carbocycles. The van der Waals surface area contributed by atoms with Crippen LogP contribution in [0.3, 0.4) is 0 Å². The van der Waals surface area contributed by atoms with Gasteiger partial charge in [-0.3, -0.25) is 0 Å². The fourth-order valence-electron chi connectivity index (χ4n) is 2.90. The van der Waals surface area contributed by atoms with Crippen molar-refractivity contribution in [2.75, 3.05) is 0 Å². The molecule has 8 nitrogen and oxygen atoms in total. The fraction of sp³-hybridized carbons (Fsp3) is 0.0500. The number of aromatic nitrogens is 3. The molecule has 0 radical (unpaired) electrons. The summed E-state index contributed by atoms with van der Waals surface area (Å²) in [6, 6.07) is 17.4. The van der Waals surface area contributed by atoms with E-state index >= 15 is 0 Å². The summed E-state index contributed by atoms with van der Waals surface area (Å²) < 4.78 is 30.4. The highest BCUT2D eigenvalue weighted by atomic mass is 32.2. The van der Waals surface area contributed by atoms with Crippen LogP contribution in [0.1, 0.15) is 11.3 Å². The molecule has 0 amide bonds. The molecule has 0 aliphatic carbocycles. The predicted molar refractivity (Wildman–Crippen MR) is 116 cm³/mol. The van der Waals surface area contributed by atoms with Crippen LogP contribution in [0.5, 0.6) is 0 Å². The number of hydrogen-bond acceptors (Lipinski definition) is 6. The molecule has 0 atom stereocenters. The summed E-state index contributed by atoms with van der Waals surface area (Å²) in [6.45, 7) is 1.99. The van der Waals surface area contributed by atoms with E-state index in [1.54, 1.807) is 24.3 Å². The third kappa shape index (κ3) is 4.01. The highest BCUT2D eigenvalue weighted by molar-refractivity contribution is 7.89. The van der Waals surface area contributed by atoms with Crippen LogP contribution in [0.15, 0.2) is 75.1 Å². The van der Waals surface area contributed by atoms with E-state index in [0.29, 0.717) is 27.7 Å². The summed E-state index contributed by atoms with van der Waals surface area (Å²) in [4.78, 5) is 0.0395. The van der Waals surface area contributed by atoms with Crippen molar-refractivity contribution in [1.29, 1.82) is 0 Å². The number of aromatic amines is 1. The van der Waals surface area contributed by atoms with Crippen molar-refractivity contribution in [1.82, 2.24) is 14.9 Å². The molecule has 0 saturated heterocycles. The van der Waals surface area contributed by atoms with E-state index in [0.717, 1.165) is 11.1 Å². The maximum Gasteiger partial charge on any atom is 0.238 e. The van der Waals surface area contributed by atoms with Gasteiger partial charge in [-0.2, -0.15) is 14.9 Å². The second kappa shape index (κ2) is 7.82. The average molecular weight is 440 g/mol. The number of H-pyrrole nitrogens is 1. The van der Waals surface area contributed by atoms with E-state index < -0.39 is 10.0 Å². The van der Waals surface area contributed by atoms with Gasteiger partial charge in [0, 0.05) is 11.1 Å². The van der Waals surface area contributed by atoms with E-state index in [1.165, 1.54) is 23.0 Å². The highest BCUT2D eigenvalue weighted by Crippen LogP contribution is 2.24. The second-order valence-corrected chi connectivity index (χ2v) is 8.44. The first-order valence-corrected chi connectivity index (χ1v) is 10.8. The predicted octanol–water partition coefficient (Wildman–Crippen LogP) is 3.71.